The Morgan fingerprint density at radius 2 is 2.28 bits per heavy atom. The van der Waals surface area contributed by atoms with Gasteiger partial charge in [0.05, 0.1) is 17.6 Å². The van der Waals surface area contributed by atoms with Gasteiger partial charge in [-0.2, -0.15) is 0 Å². The number of nitrogens with one attached hydrogen (secondary N) is 1. The number of rotatable bonds is 6. The number of methoxy groups -OCH3 is 1. The lowest BCUT2D eigenvalue weighted by atomic mass is 10.1. The second kappa shape index (κ2) is 5.35. The van der Waals surface area contributed by atoms with E-state index in [4.69, 9.17) is 4.74 Å². The predicted octanol–water partition coefficient (Wildman–Crippen LogP) is 2.74. The average molecular weight is 250 g/mol. The van der Waals surface area contributed by atoms with E-state index in [1.165, 1.54) is 12.8 Å². The highest BCUT2D eigenvalue weighted by atomic mass is 16.6. The normalized spacial score (nSPS) is 16.3. The summed E-state index contributed by atoms with van der Waals surface area (Å²) in [6.45, 7) is 2.38. The zero-order valence-electron chi connectivity index (χ0n) is 10.7. The molecule has 0 radical (unpaired) electrons. The summed E-state index contributed by atoms with van der Waals surface area (Å²) in [7, 11) is 1.68. The molecule has 0 bridgehead atoms. The van der Waals surface area contributed by atoms with Gasteiger partial charge in [0.15, 0.2) is 0 Å². The molecule has 0 saturated heterocycles. The molecule has 0 amide bonds. The Labute approximate surface area is 106 Å². The molecule has 1 atom stereocenters. The Balaban J connectivity index is 2.12. The molecule has 98 valence electrons. The van der Waals surface area contributed by atoms with Gasteiger partial charge in [0.25, 0.3) is 5.69 Å². The Morgan fingerprint density at radius 1 is 1.56 bits per heavy atom. The summed E-state index contributed by atoms with van der Waals surface area (Å²) < 4.78 is 5.18. The summed E-state index contributed by atoms with van der Waals surface area (Å²) in [5.41, 5.74) is 1.63. The summed E-state index contributed by atoms with van der Waals surface area (Å²) in [6.07, 6.45) is 2.41. The van der Waals surface area contributed by atoms with Crippen LogP contribution in [0.5, 0.6) is 0 Å². The fourth-order valence-electron chi connectivity index (χ4n) is 2.08. The Hall–Kier alpha value is -1.62. The van der Waals surface area contributed by atoms with Gasteiger partial charge in [-0.05, 0) is 31.7 Å². The van der Waals surface area contributed by atoms with Crippen molar-refractivity contribution >= 4 is 11.4 Å². The largest absolute Gasteiger partial charge is 0.383 e. The van der Waals surface area contributed by atoms with Crippen molar-refractivity contribution in [2.45, 2.75) is 25.8 Å². The first kappa shape index (κ1) is 12.8. The van der Waals surface area contributed by atoms with Gasteiger partial charge in [0.2, 0.25) is 0 Å². The van der Waals surface area contributed by atoms with E-state index in [9.17, 15) is 10.1 Å². The molecule has 2 rings (SSSR count). The summed E-state index contributed by atoms with van der Waals surface area (Å²) >= 11 is 0. The lowest BCUT2D eigenvalue weighted by Crippen LogP contribution is -2.27. The quantitative estimate of drug-likeness (QED) is 0.622. The minimum atomic E-state index is -0.344. The number of nitro groups is 1. The first-order chi connectivity index (χ1) is 8.61. The molecule has 1 fully saturated rings. The van der Waals surface area contributed by atoms with Gasteiger partial charge in [-0.1, -0.05) is 6.07 Å². The van der Waals surface area contributed by atoms with Crippen LogP contribution in [-0.4, -0.2) is 24.7 Å². The molecule has 0 spiro atoms. The number of hydrogen-bond donors (Lipinski definition) is 1. The van der Waals surface area contributed by atoms with Gasteiger partial charge < -0.3 is 10.1 Å². The third-order valence-electron chi connectivity index (χ3n) is 3.30. The van der Waals surface area contributed by atoms with Crippen molar-refractivity contribution in [3.63, 3.8) is 0 Å². The van der Waals surface area contributed by atoms with E-state index in [0.29, 0.717) is 18.1 Å². The molecule has 1 aromatic rings. The van der Waals surface area contributed by atoms with Crippen molar-refractivity contribution in [1.29, 1.82) is 0 Å². The Kier molecular flexibility index (Phi) is 3.81. The van der Waals surface area contributed by atoms with E-state index < -0.39 is 0 Å². The maximum absolute atomic E-state index is 10.9. The molecule has 1 aliphatic carbocycles. The molecule has 5 heteroatoms. The Morgan fingerprint density at radius 3 is 2.83 bits per heavy atom. The zero-order chi connectivity index (χ0) is 13.1. The zero-order valence-corrected chi connectivity index (χ0v) is 10.7. The van der Waals surface area contributed by atoms with Crippen LogP contribution in [0.1, 0.15) is 18.4 Å². The standard InChI is InChI=1S/C13H18N2O3/c1-9-3-6-11(7-13(9)15(16)17)14-12(8-18-2)10-4-5-10/h3,6-7,10,12,14H,4-5,8H2,1-2H3. The van der Waals surface area contributed by atoms with Crippen LogP contribution in [0.15, 0.2) is 18.2 Å². The van der Waals surface area contributed by atoms with Crippen molar-refractivity contribution in [2.24, 2.45) is 5.92 Å². The maximum Gasteiger partial charge on any atom is 0.274 e. The van der Waals surface area contributed by atoms with Crippen LogP contribution in [0.4, 0.5) is 11.4 Å². The molecule has 0 aliphatic heterocycles. The van der Waals surface area contributed by atoms with Gasteiger partial charge in [0.1, 0.15) is 0 Å². The summed E-state index contributed by atoms with van der Waals surface area (Å²) in [5, 5.41) is 14.2. The first-order valence-electron chi connectivity index (χ1n) is 6.12. The van der Waals surface area contributed by atoms with E-state index in [-0.39, 0.29) is 16.7 Å². The molecule has 5 nitrogen and oxygen atoms in total. The smallest absolute Gasteiger partial charge is 0.274 e. The summed E-state index contributed by atoms with van der Waals surface area (Å²) in [4.78, 5) is 10.5. The number of ether oxygens (including phenoxy) is 1. The van der Waals surface area contributed by atoms with E-state index in [2.05, 4.69) is 5.32 Å². The molecule has 0 aromatic heterocycles. The van der Waals surface area contributed by atoms with Crippen LogP contribution in [0, 0.1) is 23.0 Å². The number of benzene rings is 1. The van der Waals surface area contributed by atoms with Crippen LogP contribution >= 0.6 is 0 Å². The molecule has 1 unspecified atom stereocenters. The van der Waals surface area contributed by atoms with Crippen molar-refractivity contribution in [2.75, 3.05) is 19.0 Å². The van der Waals surface area contributed by atoms with E-state index >= 15 is 0 Å². The number of hydrogen-bond acceptors (Lipinski definition) is 4. The highest BCUT2D eigenvalue weighted by Gasteiger charge is 2.31. The van der Waals surface area contributed by atoms with E-state index in [1.807, 2.05) is 6.07 Å². The Bertz CT molecular complexity index is 444. The monoisotopic (exact) mass is 250 g/mol. The predicted molar refractivity (Wildman–Crippen MR) is 69.8 cm³/mol. The molecular formula is C13H18N2O3. The summed E-state index contributed by atoms with van der Waals surface area (Å²) in [5.74, 6) is 0.630. The first-order valence-corrected chi connectivity index (χ1v) is 6.12. The van der Waals surface area contributed by atoms with Gasteiger partial charge in [-0.25, -0.2) is 0 Å². The second-order valence-electron chi connectivity index (χ2n) is 4.80. The fraction of sp³-hybridized carbons (Fsp3) is 0.538. The van der Waals surface area contributed by atoms with Crippen LogP contribution < -0.4 is 5.32 Å². The van der Waals surface area contributed by atoms with Gasteiger partial charge in [-0.3, -0.25) is 10.1 Å². The highest BCUT2D eigenvalue weighted by Crippen LogP contribution is 2.35. The number of nitro benzene ring substituents is 1. The molecule has 0 heterocycles. The third kappa shape index (κ3) is 2.98. The van der Waals surface area contributed by atoms with Gasteiger partial charge in [0, 0.05) is 24.4 Å². The van der Waals surface area contributed by atoms with Crippen molar-refractivity contribution in [3.05, 3.63) is 33.9 Å². The molecular weight excluding hydrogens is 232 g/mol. The van der Waals surface area contributed by atoms with Crippen molar-refractivity contribution < 1.29 is 9.66 Å². The fourth-order valence-corrected chi connectivity index (χ4v) is 2.08. The average Bonchev–Trinajstić information content (AvgIpc) is 3.14. The molecule has 1 aromatic carbocycles. The van der Waals surface area contributed by atoms with Gasteiger partial charge >= 0.3 is 0 Å². The van der Waals surface area contributed by atoms with Crippen molar-refractivity contribution in [3.8, 4) is 0 Å². The number of aryl methyl sites for hydroxylation is 1. The number of nitrogens with zero attached hydrogens (tertiary/aromatic N) is 1. The minimum Gasteiger partial charge on any atom is -0.383 e. The summed E-state index contributed by atoms with van der Waals surface area (Å²) in [6, 6.07) is 5.50. The van der Waals surface area contributed by atoms with E-state index in [1.54, 1.807) is 26.2 Å². The van der Waals surface area contributed by atoms with E-state index in [0.717, 1.165) is 5.69 Å². The van der Waals surface area contributed by atoms with Crippen LogP contribution in [-0.2, 0) is 4.74 Å². The highest BCUT2D eigenvalue weighted by molar-refractivity contribution is 5.55. The minimum absolute atomic E-state index is 0.159. The topological polar surface area (TPSA) is 64.4 Å². The molecule has 18 heavy (non-hydrogen) atoms. The lowest BCUT2D eigenvalue weighted by molar-refractivity contribution is -0.385. The molecule has 1 aliphatic rings. The van der Waals surface area contributed by atoms with Crippen molar-refractivity contribution in [1.82, 2.24) is 0 Å². The lowest BCUT2D eigenvalue weighted by Gasteiger charge is -2.18. The number of anilines is 1. The van der Waals surface area contributed by atoms with Crippen LogP contribution in [0.25, 0.3) is 0 Å². The maximum atomic E-state index is 10.9. The second-order valence-corrected chi connectivity index (χ2v) is 4.80. The molecule has 1 saturated carbocycles. The molecule has 1 N–H and O–H groups in total. The van der Waals surface area contributed by atoms with Crippen LogP contribution in [0.3, 0.4) is 0 Å². The van der Waals surface area contributed by atoms with Gasteiger partial charge in [-0.15, -0.1) is 0 Å². The van der Waals surface area contributed by atoms with Crippen LogP contribution in [0.2, 0.25) is 0 Å². The SMILES string of the molecule is COCC(Nc1ccc(C)c([N+](=O)[O-])c1)C1CC1. The third-order valence-corrected chi connectivity index (χ3v) is 3.30.